The highest BCUT2D eigenvalue weighted by molar-refractivity contribution is 6.03. The lowest BCUT2D eigenvalue weighted by Gasteiger charge is -2.21. The zero-order valence-electron chi connectivity index (χ0n) is 16.7. The molecule has 1 heterocycles. The predicted octanol–water partition coefficient (Wildman–Crippen LogP) is 0.788. The summed E-state index contributed by atoms with van der Waals surface area (Å²) < 4.78 is 0. The van der Waals surface area contributed by atoms with E-state index in [1.165, 1.54) is 11.8 Å². The summed E-state index contributed by atoms with van der Waals surface area (Å²) in [7, 11) is 0. The van der Waals surface area contributed by atoms with Crippen molar-refractivity contribution in [1.82, 2.24) is 15.5 Å². The van der Waals surface area contributed by atoms with E-state index in [2.05, 4.69) is 10.6 Å². The van der Waals surface area contributed by atoms with Crippen LogP contribution in [0.2, 0.25) is 0 Å². The average Bonchev–Trinajstić information content (AvgIpc) is 2.82. The van der Waals surface area contributed by atoms with E-state index in [0.29, 0.717) is 25.8 Å². The molecule has 1 unspecified atom stereocenters. The van der Waals surface area contributed by atoms with Crippen molar-refractivity contribution in [3.63, 3.8) is 0 Å². The Morgan fingerprint density at radius 3 is 2.33 bits per heavy atom. The van der Waals surface area contributed by atoms with Crippen molar-refractivity contribution in [1.29, 1.82) is 0 Å². The van der Waals surface area contributed by atoms with Gasteiger partial charge in [0.1, 0.15) is 11.8 Å². The first-order chi connectivity index (χ1) is 12.6. The van der Waals surface area contributed by atoms with E-state index in [0.717, 1.165) is 0 Å². The molecule has 0 saturated carbocycles. The van der Waals surface area contributed by atoms with Crippen molar-refractivity contribution in [2.24, 2.45) is 11.8 Å². The first kappa shape index (κ1) is 22.8. The number of likely N-dealkylation sites (tertiary alicyclic amines) is 1. The van der Waals surface area contributed by atoms with Crippen LogP contribution in [0.15, 0.2) is 0 Å². The van der Waals surface area contributed by atoms with Gasteiger partial charge in [-0.2, -0.15) is 0 Å². The zero-order chi connectivity index (χ0) is 20.6. The molecule has 2 N–H and O–H groups in total. The topological polar surface area (TPSA) is 113 Å². The normalized spacial score (nSPS) is 18.0. The number of amides is 4. The summed E-state index contributed by atoms with van der Waals surface area (Å²) in [6, 6.07) is -0.682. The number of rotatable bonds is 11. The summed E-state index contributed by atoms with van der Waals surface area (Å²) in [5.41, 5.74) is 0. The highest BCUT2D eigenvalue weighted by Gasteiger charge is 2.34. The molecule has 152 valence electrons. The van der Waals surface area contributed by atoms with Crippen molar-refractivity contribution >= 4 is 29.4 Å². The fourth-order valence-electron chi connectivity index (χ4n) is 2.92. The third-order valence-electron chi connectivity index (χ3n) is 4.53. The maximum Gasteiger partial charge on any atom is 0.243 e. The molecule has 2 atom stereocenters. The Balaban J connectivity index is 2.30. The molecule has 8 heteroatoms. The Morgan fingerprint density at radius 1 is 1.15 bits per heavy atom. The van der Waals surface area contributed by atoms with Gasteiger partial charge in [0.2, 0.25) is 23.6 Å². The lowest BCUT2D eigenvalue weighted by molar-refractivity contribution is -0.139. The van der Waals surface area contributed by atoms with Crippen molar-refractivity contribution in [2.45, 2.75) is 65.8 Å². The van der Waals surface area contributed by atoms with Crippen molar-refractivity contribution in [2.75, 3.05) is 13.1 Å². The second-order valence-corrected chi connectivity index (χ2v) is 7.51. The van der Waals surface area contributed by atoms with E-state index in [1.54, 1.807) is 6.92 Å². The van der Waals surface area contributed by atoms with Gasteiger partial charge < -0.3 is 10.6 Å². The summed E-state index contributed by atoms with van der Waals surface area (Å²) >= 11 is 0. The maximum absolute atomic E-state index is 12.1. The third-order valence-corrected chi connectivity index (χ3v) is 4.53. The molecular weight excluding hydrogens is 350 g/mol. The van der Waals surface area contributed by atoms with Crippen LogP contribution in [0.25, 0.3) is 0 Å². The van der Waals surface area contributed by atoms with Crippen LogP contribution in [0.5, 0.6) is 0 Å². The van der Waals surface area contributed by atoms with E-state index in [4.69, 9.17) is 0 Å². The maximum atomic E-state index is 12.1. The molecule has 1 aliphatic heterocycles. The molecule has 0 bridgehead atoms. The van der Waals surface area contributed by atoms with Gasteiger partial charge in [0, 0.05) is 25.3 Å². The standard InChI is InChI=1S/C19H31N3O5/c1-12(2)17(18(26)20-11-14(4)23)21-15(24)8-6-5-7-9-22-16(25)10-13(3)19(22)27/h12-13,17H,5-11H2,1-4H3,(H,20,26)(H,21,24)/t13?,17-/m0/s1. The average molecular weight is 381 g/mol. The minimum absolute atomic E-state index is 0.0511. The number of hydrogen-bond acceptors (Lipinski definition) is 5. The molecule has 0 aliphatic carbocycles. The van der Waals surface area contributed by atoms with Gasteiger partial charge in [-0.25, -0.2) is 0 Å². The summed E-state index contributed by atoms with van der Waals surface area (Å²) in [6.07, 6.45) is 2.52. The van der Waals surface area contributed by atoms with Crippen LogP contribution in [0.1, 0.15) is 59.8 Å². The van der Waals surface area contributed by atoms with Gasteiger partial charge in [-0.1, -0.05) is 27.2 Å². The summed E-state index contributed by atoms with van der Waals surface area (Å²) in [4.78, 5) is 60.0. The highest BCUT2D eigenvalue weighted by atomic mass is 16.2. The number of ketones is 1. The fourth-order valence-corrected chi connectivity index (χ4v) is 2.92. The Hall–Kier alpha value is -2.25. The quantitative estimate of drug-likeness (QED) is 0.406. The smallest absolute Gasteiger partial charge is 0.243 e. The van der Waals surface area contributed by atoms with Crippen LogP contribution in [0, 0.1) is 11.8 Å². The van der Waals surface area contributed by atoms with Gasteiger partial charge >= 0.3 is 0 Å². The zero-order valence-corrected chi connectivity index (χ0v) is 16.7. The summed E-state index contributed by atoms with van der Waals surface area (Å²) in [5, 5.41) is 5.23. The largest absolute Gasteiger partial charge is 0.347 e. The molecule has 0 aromatic heterocycles. The molecule has 0 aromatic rings. The molecule has 0 spiro atoms. The fraction of sp³-hybridized carbons (Fsp3) is 0.737. The number of nitrogens with zero attached hydrogens (tertiary/aromatic N) is 1. The van der Waals surface area contributed by atoms with Crippen LogP contribution < -0.4 is 10.6 Å². The number of hydrogen-bond donors (Lipinski definition) is 2. The molecular formula is C19H31N3O5. The van der Waals surface area contributed by atoms with Gasteiger partial charge in [0.25, 0.3) is 0 Å². The molecule has 1 aliphatic rings. The predicted molar refractivity (Wildman–Crippen MR) is 99.4 cm³/mol. The van der Waals surface area contributed by atoms with Crippen LogP contribution >= 0.6 is 0 Å². The van der Waals surface area contributed by atoms with Gasteiger partial charge in [0.15, 0.2) is 0 Å². The van der Waals surface area contributed by atoms with E-state index in [-0.39, 0.29) is 60.6 Å². The molecule has 0 radical (unpaired) electrons. The van der Waals surface area contributed by atoms with Gasteiger partial charge in [-0.15, -0.1) is 0 Å². The number of nitrogens with one attached hydrogen (secondary N) is 2. The SMILES string of the molecule is CC(=O)CNC(=O)[C@@H](NC(=O)CCCCCN1C(=O)CC(C)C1=O)C(C)C. The Labute approximate surface area is 160 Å². The van der Waals surface area contributed by atoms with E-state index < -0.39 is 6.04 Å². The molecule has 8 nitrogen and oxygen atoms in total. The molecule has 4 amide bonds. The summed E-state index contributed by atoms with van der Waals surface area (Å²) in [6.45, 7) is 7.12. The van der Waals surface area contributed by atoms with Crippen LogP contribution in [-0.2, 0) is 24.0 Å². The first-order valence-corrected chi connectivity index (χ1v) is 9.54. The number of carbonyl (C=O) groups excluding carboxylic acids is 5. The molecule has 1 saturated heterocycles. The van der Waals surface area contributed by atoms with Crippen molar-refractivity contribution < 1.29 is 24.0 Å². The van der Waals surface area contributed by atoms with Crippen molar-refractivity contribution in [3.05, 3.63) is 0 Å². The highest BCUT2D eigenvalue weighted by Crippen LogP contribution is 2.19. The molecule has 27 heavy (non-hydrogen) atoms. The van der Waals surface area contributed by atoms with E-state index in [1.807, 2.05) is 13.8 Å². The first-order valence-electron chi connectivity index (χ1n) is 9.54. The van der Waals surface area contributed by atoms with E-state index >= 15 is 0 Å². The third kappa shape index (κ3) is 7.48. The minimum atomic E-state index is -0.682. The Morgan fingerprint density at radius 2 is 1.81 bits per heavy atom. The Kier molecular flexibility index (Phi) is 9.11. The molecule has 0 aromatic carbocycles. The Bertz CT molecular complexity index is 588. The van der Waals surface area contributed by atoms with Gasteiger partial charge in [-0.3, -0.25) is 28.9 Å². The number of imide groups is 1. The van der Waals surface area contributed by atoms with E-state index in [9.17, 15) is 24.0 Å². The van der Waals surface area contributed by atoms with Gasteiger partial charge in [0.05, 0.1) is 6.54 Å². The van der Waals surface area contributed by atoms with Crippen LogP contribution in [-0.4, -0.2) is 53.4 Å². The summed E-state index contributed by atoms with van der Waals surface area (Å²) in [5.74, 6) is -1.32. The second-order valence-electron chi connectivity index (χ2n) is 7.51. The number of unbranched alkanes of at least 4 members (excludes halogenated alkanes) is 2. The molecule has 1 rings (SSSR count). The number of Topliss-reactive ketones (excluding diaryl/α,β-unsaturated/α-hetero) is 1. The van der Waals surface area contributed by atoms with Crippen LogP contribution in [0.3, 0.4) is 0 Å². The minimum Gasteiger partial charge on any atom is -0.347 e. The lowest BCUT2D eigenvalue weighted by Crippen LogP contribution is -2.50. The van der Waals surface area contributed by atoms with Gasteiger partial charge in [-0.05, 0) is 25.7 Å². The van der Waals surface area contributed by atoms with Crippen LogP contribution in [0.4, 0.5) is 0 Å². The lowest BCUT2D eigenvalue weighted by atomic mass is 10.0. The van der Waals surface area contributed by atoms with Crippen molar-refractivity contribution in [3.8, 4) is 0 Å². The molecule has 1 fully saturated rings. The monoisotopic (exact) mass is 381 g/mol. The second kappa shape index (κ2) is 10.8. The number of carbonyl (C=O) groups is 5.